The molecule has 2 rings (SSSR count). The molecule has 21 heavy (non-hydrogen) atoms. The molecule has 0 aliphatic rings. The molecule has 0 saturated carbocycles. The number of benzene rings is 2. The second-order valence-electron chi connectivity index (χ2n) is 4.05. The molecular weight excluding hydrogens is 319 g/mol. The van der Waals surface area contributed by atoms with E-state index in [0.29, 0.717) is 12.1 Å². The fourth-order valence-electron chi connectivity index (χ4n) is 1.43. The van der Waals surface area contributed by atoms with Crippen molar-refractivity contribution in [3.63, 3.8) is 0 Å². The van der Waals surface area contributed by atoms with Crippen molar-refractivity contribution < 1.29 is 33.5 Å². The van der Waals surface area contributed by atoms with Crippen LogP contribution in [0, 0.1) is 0 Å². The number of hydrogen-bond acceptors (Lipinski definition) is 3. The second-order valence-corrected chi connectivity index (χ2v) is 6.02. The van der Waals surface area contributed by atoms with Crippen molar-refractivity contribution in [2.75, 3.05) is 0 Å². The standard InChI is InChI=1S/C12H9F5O3S/c13-21(14,15,16,17)20-11-6-4-10(5-7-11)19-12-3-1-2-9(18)8-12/h1-8,18H. The summed E-state index contributed by atoms with van der Waals surface area (Å²) in [6, 6.07) is 9.14. The van der Waals surface area contributed by atoms with Crippen molar-refractivity contribution >= 4 is 10.5 Å². The Morgan fingerprint density at radius 1 is 0.762 bits per heavy atom. The number of phenolic OH excluding ortho intramolecular Hbond substituents is 1. The largest absolute Gasteiger partial charge is 0.508 e. The molecule has 0 saturated heterocycles. The SMILES string of the molecule is Oc1cccc(Oc2ccc(OS(F)(F)(F)(F)F)cc2)c1. The molecule has 0 amide bonds. The van der Waals surface area contributed by atoms with Gasteiger partial charge in [0.05, 0.1) is 0 Å². The van der Waals surface area contributed by atoms with Crippen LogP contribution in [0.4, 0.5) is 19.4 Å². The summed E-state index contributed by atoms with van der Waals surface area (Å²) in [5.74, 6) is -0.780. The number of hydrogen-bond donors (Lipinski definition) is 1. The van der Waals surface area contributed by atoms with E-state index >= 15 is 0 Å². The molecular formula is C12H9F5O3S. The second kappa shape index (κ2) is 4.17. The smallest absolute Gasteiger partial charge is 0.435 e. The molecule has 3 nitrogen and oxygen atoms in total. The van der Waals surface area contributed by atoms with E-state index in [9.17, 15) is 24.5 Å². The average Bonchev–Trinajstić information content (AvgIpc) is 2.28. The van der Waals surface area contributed by atoms with E-state index in [1.54, 1.807) is 0 Å². The van der Waals surface area contributed by atoms with E-state index in [-0.39, 0.29) is 17.2 Å². The molecule has 0 aromatic heterocycles. The van der Waals surface area contributed by atoms with Gasteiger partial charge in [-0.25, -0.2) is 0 Å². The van der Waals surface area contributed by atoms with Gasteiger partial charge in [-0.3, -0.25) is 0 Å². The highest BCUT2D eigenvalue weighted by atomic mass is 32.5. The fourth-order valence-corrected chi connectivity index (χ4v) is 1.90. The molecule has 0 bridgehead atoms. The number of halogens is 5. The van der Waals surface area contributed by atoms with Crippen LogP contribution in [-0.4, -0.2) is 5.11 Å². The van der Waals surface area contributed by atoms with Gasteiger partial charge in [0.15, 0.2) is 0 Å². The van der Waals surface area contributed by atoms with Crippen LogP contribution in [0.1, 0.15) is 0 Å². The van der Waals surface area contributed by atoms with Crippen molar-refractivity contribution in [3.05, 3.63) is 48.5 Å². The summed E-state index contributed by atoms with van der Waals surface area (Å²) in [7, 11) is -9.97. The Hall–Kier alpha value is -2.16. The van der Waals surface area contributed by atoms with Crippen LogP contribution >= 0.6 is 10.5 Å². The van der Waals surface area contributed by atoms with E-state index in [0.717, 1.165) is 12.1 Å². The Balaban J connectivity index is 2.13. The number of ether oxygens (including phenoxy) is 1. The van der Waals surface area contributed by atoms with Gasteiger partial charge in [0.1, 0.15) is 23.0 Å². The maximum Gasteiger partial charge on any atom is 0.435 e. The van der Waals surface area contributed by atoms with Crippen molar-refractivity contribution in [2.24, 2.45) is 0 Å². The lowest BCUT2D eigenvalue weighted by Gasteiger charge is -2.39. The molecule has 1 N–H and O–H groups in total. The molecule has 0 heterocycles. The van der Waals surface area contributed by atoms with Crippen molar-refractivity contribution in [2.45, 2.75) is 0 Å². The molecule has 0 atom stereocenters. The van der Waals surface area contributed by atoms with E-state index < -0.39 is 16.3 Å². The lowest BCUT2D eigenvalue weighted by Crippen LogP contribution is -2.13. The van der Waals surface area contributed by atoms with Gasteiger partial charge < -0.3 is 14.0 Å². The lowest BCUT2D eigenvalue weighted by molar-refractivity contribution is 0.243. The zero-order valence-electron chi connectivity index (χ0n) is 10.2. The first kappa shape index (κ1) is 15.2. The van der Waals surface area contributed by atoms with Crippen LogP contribution in [0.2, 0.25) is 0 Å². The minimum Gasteiger partial charge on any atom is -0.508 e. The molecule has 2 aromatic carbocycles. The molecule has 2 aromatic rings. The minimum absolute atomic E-state index is 0.0617. The van der Waals surface area contributed by atoms with Gasteiger partial charge in [-0.15, -0.1) is 0 Å². The van der Waals surface area contributed by atoms with E-state index in [2.05, 4.69) is 4.18 Å². The predicted molar refractivity (Wildman–Crippen MR) is 68.4 cm³/mol. The monoisotopic (exact) mass is 328 g/mol. The van der Waals surface area contributed by atoms with E-state index in [1.807, 2.05) is 0 Å². The minimum atomic E-state index is -9.97. The summed E-state index contributed by atoms with van der Waals surface area (Å²) in [5, 5.41) is 9.22. The zero-order chi connectivity index (χ0) is 15.8. The highest BCUT2D eigenvalue weighted by Gasteiger charge is 2.67. The van der Waals surface area contributed by atoms with Crippen molar-refractivity contribution in [3.8, 4) is 23.0 Å². The van der Waals surface area contributed by atoms with Gasteiger partial charge in [0.2, 0.25) is 0 Å². The maximum absolute atomic E-state index is 12.1. The molecule has 0 radical (unpaired) electrons. The highest BCUT2D eigenvalue weighted by Crippen LogP contribution is 2.97. The zero-order valence-corrected chi connectivity index (χ0v) is 11.0. The van der Waals surface area contributed by atoms with Gasteiger partial charge in [-0.1, -0.05) is 25.5 Å². The fraction of sp³-hybridized carbons (Fsp3) is 0. The van der Waals surface area contributed by atoms with Gasteiger partial charge in [0, 0.05) is 6.07 Å². The number of phenols is 1. The van der Waals surface area contributed by atoms with Gasteiger partial charge >= 0.3 is 10.5 Å². The third kappa shape index (κ3) is 5.38. The molecule has 0 aliphatic carbocycles. The first-order chi connectivity index (χ1) is 9.40. The molecule has 0 fully saturated rings. The first-order valence-corrected chi connectivity index (χ1v) is 7.29. The molecule has 116 valence electrons. The lowest BCUT2D eigenvalue weighted by atomic mass is 10.3. The summed E-state index contributed by atoms with van der Waals surface area (Å²) in [5.41, 5.74) is 0. The van der Waals surface area contributed by atoms with Crippen LogP contribution in [0.3, 0.4) is 0 Å². The molecule has 0 aliphatic heterocycles. The van der Waals surface area contributed by atoms with Gasteiger partial charge in [-0.2, -0.15) is 0 Å². The Bertz CT molecular complexity index is 655. The number of rotatable bonds is 4. The Morgan fingerprint density at radius 2 is 1.33 bits per heavy atom. The van der Waals surface area contributed by atoms with Crippen LogP contribution < -0.4 is 8.92 Å². The summed E-state index contributed by atoms with van der Waals surface area (Å²) >= 11 is 0. The normalized spacial score (nSPS) is 14.9. The van der Waals surface area contributed by atoms with Crippen LogP contribution in [0.5, 0.6) is 23.0 Å². The average molecular weight is 328 g/mol. The summed E-state index contributed by atoms with van der Waals surface area (Å²) in [4.78, 5) is 0. The molecule has 9 heteroatoms. The van der Waals surface area contributed by atoms with E-state index in [1.165, 1.54) is 24.3 Å². The van der Waals surface area contributed by atoms with Crippen molar-refractivity contribution in [1.82, 2.24) is 0 Å². The third-order valence-electron chi connectivity index (χ3n) is 2.13. The number of aromatic hydroxyl groups is 1. The topological polar surface area (TPSA) is 38.7 Å². The molecule has 0 unspecified atom stereocenters. The Morgan fingerprint density at radius 3 is 1.86 bits per heavy atom. The first-order valence-electron chi connectivity index (χ1n) is 5.42. The highest BCUT2D eigenvalue weighted by molar-refractivity contribution is 8.42. The van der Waals surface area contributed by atoms with Gasteiger partial charge in [-0.05, 0) is 36.4 Å². The summed E-state index contributed by atoms with van der Waals surface area (Å²) in [6.07, 6.45) is 0. The summed E-state index contributed by atoms with van der Waals surface area (Å²) < 4.78 is 68.7. The van der Waals surface area contributed by atoms with Crippen LogP contribution in [-0.2, 0) is 0 Å². The van der Waals surface area contributed by atoms with Crippen molar-refractivity contribution in [1.29, 1.82) is 0 Å². The van der Waals surface area contributed by atoms with E-state index in [4.69, 9.17) is 4.74 Å². The van der Waals surface area contributed by atoms with Crippen LogP contribution in [0.25, 0.3) is 0 Å². The Labute approximate surface area is 116 Å². The Kier molecular flexibility index (Phi) is 3.02. The van der Waals surface area contributed by atoms with Gasteiger partial charge in [0.25, 0.3) is 0 Å². The summed E-state index contributed by atoms with van der Waals surface area (Å²) in [6.45, 7) is 0. The molecule has 0 spiro atoms. The third-order valence-corrected chi connectivity index (χ3v) is 2.64. The van der Waals surface area contributed by atoms with Crippen LogP contribution in [0.15, 0.2) is 48.5 Å². The predicted octanol–water partition coefficient (Wildman–Crippen LogP) is 5.78. The quantitative estimate of drug-likeness (QED) is 0.723. The maximum atomic E-state index is 12.1.